The average molecular weight is 476 g/mol. The fraction of sp³-hybridized carbons (Fsp3) is 0.333. The molecule has 152 valence electrons. The topological polar surface area (TPSA) is 87.6 Å². The number of hydrogen-bond donors (Lipinski definition) is 2. The molecule has 0 aromatic heterocycles. The number of nitrogens with zero attached hydrogens (tertiary/aromatic N) is 1. The van der Waals surface area contributed by atoms with Crippen molar-refractivity contribution in [3.05, 3.63) is 58.6 Å². The van der Waals surface area contributed by atoms with Crippen LogP contribution >= 0.6 is 15.9 Å². The Kier molecular flexibility index (Phi) is 5.48. The van der Waals surface area contributed by atoms with Crippen LogP contribution in [0.2, 0.25) is 0 Å². The van der Waals surface area contributed by atoms with Gasteiger partial charge in [0.15, 0.2) is 0 Å². The summed E-state index contributed by atoms with van der Waals surface area (Å²) < 4.78 is 28.8. The number of nitrogens with one attached hydrogen (secondary N) is 2. The summed E-state index contributed by atoms with van der Waals surface area (Å²) >= 11 is 3.43. The van der Waals surface area contributed by atoms with Crippen molar-refractivity contribution in [2.75, 3.05) is 11.9 Å². The molecule has 0 bridgehead atoms. The number of amidine groups is 1. The van der Waals surface area contributed by atoms with E-state index >= 15 is 0 Å². The van der Waals surface area contributed by atoms with Gasteiger partial charge in [-0.2, -0.15) is 0 Å². The lowest BCUT2D eigenvalue weighted by Gasteiger charge is -2.40. The molecule has 1 amide bonds. The van der Waals surface area contributed by atoms with Crippen LogP contribution in [-0.4, -0.2) is 26.7 Å². The van der Waals surface area contributed by atoms with Crippen LogP contribution < -0.4 is 10.0 Å². The van der Waals surface area contributed by atoms with Gasteiger partial charge in [-0.3, -0.25) is 14.5 Å². The van der Waals surface area contributed by atoms with E-state index in [1.54, 1.807) is 12.1 Å². The molecule has 0 radical (unpaired) electrons. The van der Waals surface area contributed by atoms with Crippen molar-refractivity contribution < 1.29 is 13.2 Å². The Morgan fingerprint density at radius 2 is 1.83 bits per heavy atom. The molecular formula is C21H22BrN3O3S. The Balaban J connectivity index is 1.54. The van der Waals surface area contributed by atoms with E-state index < -0.39 is 15.4 Å². The van der Waals surface area contributed by atoms with Crippen LogP contribution in [0.4, 0.5) is 5.69 Å². The molecule has 1 saturated carbocycles. The minimum Gasteiger partial charge on any atom is -0.325 e. The Hall–Kier alpha value is -2.19. The summed E-state index contributed by atoms with van der Waals surface area (Å²) in [5.41, 5.74) is 0.885. The van der Waals surface area contributed by atoms with Gasteiger partial charge in [0.05, 0.1) is 10.3 Å². The second kappa shape index (κ2) is 7.91. The summed E-state index contributed by atoms with van der Waals surface area (Å²) in [6.07, 6.45) is 4.03. The van der Waals surface area contributed by atoms with E-state index in [2.05, 4.69) is 31.0 Å². The molecule has 1 aliphatic heterocycles. The zero-order chi connectivity index (χ0) is 20.5. The van der Waals surface area contributed by atoms with Crippen LogP contribution in [0.1, 0.15) is 37.7 Å². The van der Waals surface area contributed by atoms with Crippen molar-refractivity contribution in [3.8, 4) is 0 Å². The molecule has 8 heteroatoms. The highest BCUT2D eigenvalue weighted by Crippen LogP contribution is 2.45. The summed E-state index contributed by atoms with van der Waals surface area (Å²) in [6, 6.07) is 14.2. The van der Waals surface area contributed by atoms with E-state index in [9.17, 15) is 13.2 Å². The minimum absolute atomic E-state index is 0.103. The standard InChI is InChI=1S/C21H22BrN3O3S/c22-16-9-7-15(8-10-16)21(11-3-12-21)20(26)24-17-4-1-5-18(14-17)29(27,28)25-19-6-2-13-23-19/h1,4-5,7-10,14H,2-3,6,11-13H2,(H,23,25)(H,24,26). The molecule has 0 spiro atoms. The zero-order valence-corrected chi connectivity index (χ0v) is 18.2. The third-order valence-corrected chi connectivity index (χ3v) is 7.47. The van der Waals surface area contributed by atoms with Crippen molar-refractivity contribution >= 4 is 43.4 Å². The number of carbonyl (C=O) groups is 1. The number of sulfonamides is 1. The highest BCUT2D eigenvalue weighted by molar-refractivity contribution is 9.10. The van der Waals surface area contributed by atoms with Crippen LogP contribution in [0.5, 0.6) is 0 Å². The normalized spacial score (nSPS) is 17.9. The molecule has 29 heavy (non-hydrogen) atoms. The lowest BCUT2D eigenvalue weighted by atomic mass is 9.64. The molecule has 2 aromatic rings. The van der Waals surface area contributed by atoms with Crippen molar-refractivity contribution in [2.45, 2.75) is 42.4 Å². The third-order valence-electron chi connectivity index (χ3n) is 5.57. The number of carbonyl (C=O) groups excluding carboxylic acids is 1. The molecule has 2 aromatic carbocycles. The number of halogens is 1. The fourth-order valence-corrected chi connectivity index (χ4v) is 5.17. The first-order valence-corrected chi connectivity index (χ1v) is 11.9. The molecule has 2 N–H and O–H groups in total. The third kappa shape index (κ3) is 4.09. The molecular weight excluding hydrogens is 454 g/mol. The van der Waals surface area contributed by atoms with E-state index in [1.165, 1.54) is 12.1 Å². The quantitative estimate of drug-likeness (QED) is 0.685. The predicted octanol–water partition coefficient (Wildman–Crippen LogP) is 3.98. The summed E-state index contributed by atoms with van der Waals surface area (Å²) in [5.74, 6) is 0.386. The predicted molar refractivity (Wildman–Crippen MR) is 117 cm³/mol. The first-order valence-electron chi connectivity index (χ1n) is 9.63. The number of benzene rings is 2. The largest absolute Gasteiger partial charge is 0.325 e. The molecule has 0 atom stereocenters. The Labute approximate surface area is 179 Å². The van der Waals surface area contributed by atoms with Gasteiger partial charge in [-0.05, 0) is 55.2 Å². The smallest absolute Gasteiger partial charge is 0.262 e. The van der Waals surface area contributed by atoms with Crippen molar-refractivity contribution in [1.29, 1.82) is 0 Å². The number of anilines is 1. The lowest BCUT2D eigenvalue weighted by Crippen LogP contribution is -2.46. The van der Waals surface area contributed by atoms with Crippen LogP contribution in [-0.2, 0) is 20.2 Å². The lowest BCUT2D eigenvalue weighted by molar-refractivity contribution is -0.124. The van der Waals surface area contributed by atoms with Crippen LogP contribution in [0.3, 0.4) is 0 Å². The van der Waals surface area contributed by atoms with Gasteiger partial charge in [0, 0.05) is 23.1 Å². The maximum Gasteiger partial charge on any atom is 0.262 e. The highest BCUT2D eigenvalue weighted by Gasteiger charge is 2.45. The van der Waals surface area contributed by atoms with E-state index in [4.69, 9.17) is 0 Å². The maximum atomic E-state index is 13.1. The summed E-state index contributed by atoms with van der Waals surface area (Å²) in [6.45, 7) is 0.645. The molecule has 0 unspecified atom stereocenters. The minimum atomic E-state index is -3.72. The maximum absolute atomic E-state index is 13.1. The number of hydrogen-bond acceptors (Lipinski definition) is 4. The Morgan fingerprint density at radius 1 is 1.07 bits per heavy atom. The van der Waals surface area contributed by atoms with E-state index in [1.807, 2.05) is 24.3 Å². The highest BCUT2D eigenvalue weighted by atomic mass is 79.9. The summed E-state index contributed by atoms with van der Waals surface area (Å²) in [4.78, 5) is 17.4. The monoisotopic (exact) mass is 475 g/mol. The molecule has 6 nitrogen and oxygen atoms in total. The van der Waals surface area contributed by atoms with Gasteiger partial charge in [-0.25, -0.2) is 8.42 Å². The number of aliphatic imine (C=N–C) groups is 1. The Bertz CT molecular complexity index is 1060. The van der Waals surface area contributed by atoms with E-state index in [-0.39, 0.29) is 10.8 Å². The van der Waals surface area contributed by atoms with Crippen molar-refractivity contribution in [3.63, 3.8) is 0 Å². The second-order valence-electron chi connectivity index (χ2n) is 7.46. The van der Waals surface area contributed by atoms with Gasteiger partial charge < -0.3 is 5.32 Å². The van der Waals surface area contributed by atoms with Gasteiger partial charge in [-0.15, -0.1) is 0 Å². The fourth-order valence-electron chi connectivity index (χ4n) is 3.77. The molecule has 1 heterocycles. The van der Waals surface area contributed by atoms with Gasteiger partial charge in [0.2, 0.25) is 5.91 Å². The summed E-state index contributed by atoms with van der Waals surface area (Å²) in [5, 5.41) is 2.93. The van der Waals surface area contributed by atoms with Crippen LogP contribution in [0, 0.1) is 0 Å². The van der Waals surface area contributed by atoms with E-state index in [0.29, 0.717) is 24.5 Å². The van der Waals surface area contributed by atoms with Gasteiger partial charge in [0.25, 0.3) is 10.0 Å². The molecule has 1 aliphatic carbocycles. The molecule has 1 fully saturated rings. The zero-order valence-electron chi connectivity index (χ0n) is 15.8. The first-order chi connectivity index (χ1) is 13.9. The van der Waals surface area contributed by atoms with E-state index in [0.717, 1.165) is 35.7 Å². The average Bonchev–Trinajstić information content (AvgIpc) is 3.15. The second-order valence-corrected chi connectivity index (χ2v) is 10.1. The molecule has 4 rings (SSSR count). The van der Waals surface area contributed by atoms with Gasteiger partial charge in [0.1, 0.15) is 5.84 Å². The number of rotatable bonds is 5. The number of amides is 1. The van der Waals surface area contributed by atoms with Gasteiger partial charge in [-0.1, -0.05) is 40.5 Å². The molecule has 2 aliphatic rings. The SMILES string of the molecule is O=C(Nc1cccc(S(=O)(=O)NC2=NCCC2)c1)C1(c2ccc(Br)cc2)CCC1. The van der Waals surface area contributed by atoms with Crippen molar-refractivity contribution in [2.24, 2.45) is 4.99 Å². The van der Waals surface area contributed by atoms with Gasteiger partial charge >= 0.3 is 0 Å². The van der Waals surface area contributed by atoms with Crippen LogP contribution in [0.15, 0.2) is 62.9 Å². The van der Waals surface area contributed by atoms with Crippen molar-refractivity contribution in [1.82, 2.24) is 4.72 Å². The molecule has 0 saturated heterocycles. The van der Waals surface area contributed by atoms with Crippen LogP contribution in [0.25, 0.3) is 0 Å². The Morgan fingerprint density at radius 3 is 2.45 bits per heavy atom. The summed E-state index contributed by atoms with van der Waals surface area (Å²) in [7, 11) is -3.72. The first kappa shape index (κ1) is 20.1.